The highest BCUT2D eigenvalue weighted by molar-refractivity contribution is 4.87. The van der Waals surface area contributed by atoms with Crippen LogP contribution >= 0.6 is 0 Å². The summed E-state index contributed by atoms with van der Waals surface area (Å²) in [6, 6.07) is 0. The molecule has 0 aromatic rings. The third kappa shape index (κ3) is 12.7. The Bertz CT molecular complexity index is 376. The minimum Gasteiger partial charge on any atom is -0.394 e. The van der Waals surface area contributed by atoms with Gasteiger partial charge >= 0.3 is 0 Å². The fraction of sp³-hybridized carbons (Fsp3) is 0.917. The first kappa shape index (κ1) is 26.6. The van der Waals surface area contributed by atoms with E-state index in [4.69, 9.17) is 14.6 Å². The molecule has 5 heteroatoms. The number of allylic oxidation sites excluding steroid dienone is 1. The highest BCUT2D eigenvalue weighted by atomic mass is 16.6. The Kier molecular flexibility index (Phi) is 16.8. The van der Waals surface area contributed by atoms with Gasteiger partial charge in [-0.25, -0.2) is 0 Å². The van der Waals surface area contributed by atoms with E-state index in [-0.39, 0.29) is 13.2 Å². The Balaban J connectivity index is 1.83. The van der Waals surface area contributed by atoms with E-state index >= 15 is 0 Å². The van der Waals surface area contributed by atoms with Crippen molar-refractivity contribution in [2.45, 2.75) is 121 Å². The molecule has 1 heterocycles. The summed E-state index contributed by atoms with van der Waals surface area (Å²) in [5.74, 6) is 0. The van der Waals surface area contributed by atoms with Crippen molar-refractivity contribution in [3.63, 3.8) is 0 Å². The molecule has 1 saturated heterocycles. The minimum atomic E-state index is -0.971. The molecule has 0 amide bonds. The van der Waals surface area contributed by atoms with Crippen molar-refractivity contribution < 1.29 is 24.8 Å². The first-order chi connectivity index (χ1) is 14.2. The van der Waals surface area contributed by atoms with Gasteiger partial charge in [-0.05, 0) is 19.3 Å². The molecule has 0 radical (unpaired) electrons. The highest BCUT2D eigenvalue weighted by Gasteiger charge is 2.38. The SMILES string of the molecule is C=CCCCCCCCCCCCCCCCCO[C@H]1[C@H](O)[C@@H](CO)OC[C@@H]1O. The number of hydrogen-bond donors (Lipinski definition) is 3. The van der Waals surface area contributed by atoms with E-state index in [1.54, 1.807) is 0 Å². The summed E-state index contributed by atoms with van der Waals surface area (Å²) in [6.45, 7) is 4.13. The van der Waals surface area contributed by atoms with Gasteiger partial charge in [0.25, 0.3) is 0 Å². The van der Waals surface area contributed by atoms with Crippen LogP contribution in [0.4, 0.5) is 0 Å². The molecule has 0 aromatic heterocycles. The van der Waals surface area contributed by atoms with Crippen molar-refractivity contribution in [2.24, 2.45) is 0 Å². The molecule has 1 fully saturated rings. The van der Waals surface area contributed by atoms with Crippen molar-refractivity contribution in [1.82, 2.24) is 0 Å². The van der Waals surface area contributed by atoms with E-state index in [0.717, 1.165) is 12.8 Å². The molecule has 5 nitrogen and oxygen atoms in total. The summed E-state index contributed by atoms with van der Waals surface area (Å²) in [6.07, 6.45) is 18.2. The second-order valence-electron chi connectivity index (χ2n) is 8.47. The van der Waals surface area contributed by atoms with Gasteiger partial charge in [-0.1, -0.05) is 83.1 Å². The fourth-order valence-corrected chi connectivity index (χ4v) is 3.96. The molecule has 0 spiro atoms. The topological polar surface area (TPSA) is 79.2 Å². The summed E-state index contributed by atoms with van der Waals surface area (Å²) in [5, 5.41) is 29.1. The lowest BCUT2D eigenvalue weighted by molar-refractivity contribution is -0.210. The number of ether oxygens (including phenoxy) is 2. The van der Waals surface area contributed by atoms with Crippen molar-refractivity contribution in [3.05, 3.63) is 12.7 Å². The van der Waals surface area contributed by atoms with Gasteiger partial charge in [0.2, 0.25) is 0 Å². The summed E-state index contributed by atoms with van der Waals surface area (Å²) in [5.41, 5.74) is 0. The second-order valence-corrected chi connectivity index (χ2v) is 8.47. The number of aliphatic hydroxyl groups is 3. The molecule has 1 aliphatic rings. The summed E-state index contributed by atoms with van der Waals surface area (Å²) in [4.78, 5) is 0. The Morgan fingerprint density at radius 2 is 1.28 bits per heavy atom. The van der Waals surface area contributed by atoms with Crippen LogP contribution in [-0.2, 0) is 9.47 Å². The molecule has 1 rings (SSSR count). The third-order valence-electron chi connectivity index (χ3n) is 5.87. The lowest BCUT2D eigenvalue weighted by atomic mass is 10.0. The fourth-order valence-electron chi connectivity index (χ4n) is 3.96. The smallest absolute Gasteiger partial charge is 0.114 e. The van der Waals surface area contributed by atoms with Crippen LogP contribution in [0.25, 0.3) is 0 Å². The van der Waals surface area contributed by atoms with Gasteiger partial charge in [0, 0.05) is 6.61 Å². The zero-order valence-corrected chi connectivity index (χ0v) is 18.5. The van der Waals surface area contributed by atoms with Gasteiger partial charge in [0.1, 0.15) is 24.4 Å². The molecule has 0 aromatic carbocycles. The molecule has 0 aliphatic carbocycles. The first-order valence-corrected chi connectivity index (χ1v) is 12.0. The van der Waals surface area contributed by atoms with Crippen molar-refractivity contribution in [2.75, 3.05) is 19.8 Å². The maximum atomic E-state index is 10.1. The van der Waals surface area contributed by atoms with Gasteiger partial charge in [-0.3, -0.25) is 0 Å². The van der Waals surface area contributed by atoms with Gasteiger partial charge in [-0.15, -0.1) is 6.58 Å². The normalized spacial score (nSPS) is 24.7. The average Bonchev–Trinajstić information content (AvgIpc) is 2.72. The predicted molar refractivity (Wildman–Crippen MR) is 118 cm³/mol. The molecule has 0 unspecified atom stereocenters. The molecule has 172 valence electrons. The van der Waals surface area contributed by atoms with Crippen LogP contribution in [-0.4, -0.2) is 59.6 Å². The Morgan fingerprint density at radius 1 is 0.793 bits per heavy atom. The lowest BCUT2D eigenvalue weighted by Gasteiger charge is -2.37. The van der Waals surface area contributed by atoms with Gasteiger partial charge < -0.3 is 24.8 Å². The van der Waals surface area contributed by atoms with Crippen molar-refractivity contribution in [3.8, 4) is 0 Å². The van der Waals surface area contributed by atoms with Crippen molar-refractivity contribution in [1.29, 1.82) is 0 Å². The molecule has 0 saturated carbocycles. The lowest BCUT2D eigenvalue weighted by Crippen LogP contribution is -2.55. The van der Waals surface area contributed by atoms with E-state index in [0.29, 0.717) is 6.61 Å². The third-order valence-corrected chi connectivity index (χ3v) is 5.87. The highest BCUT2D eigenvalue weighted by Crippen LogP contribution is 2.19. The van der Waals surface area contributed by atoms with Crippen molar-refractivity contribution >= 4 is 0 Å². The van der Waals surface area contributed by atoms with Crippen LogP contribution in [0.15, 0.2) is 12.7 Å². The van der Waals surface area contributed by atoms with E-state index in [1.165, 1.54) is 83.5 Å². The molecule has 3 N–H and O–H groups in total. The molecular weight excluding hydrogens is 368 g/mol. The standard InChI is InChI=1S/C24H46O5/c1-2-3-4-5-6-7-8-9-10-11-12-13-14-15-16-17-18-28-24-21(26)20-29-22(19-25)23(24)27/h2,21-27H,1,3-20H2/t21-,22+,23+,24+/m0/s1. The van der Waals surface area contributed by atoms with Crippen LogP contribution < -0.4 is 0 Å². The summed E-state index contributed by atoms with van der Waals surface area (Å²) in [7, 11) is 0. The predicted octanol–water partition coefficient (Wildman–Crippen LogP) is 4.52. The average molecular weight is 415 g/mol. The summed E-state index contributed by atoms with van der Waals surface area (Å²) >= 11 is 0. The molecule has 1 aliphatic heterocycles. The number of rotatable bonds is 19. The summed E-state index contributed by atoms with van der Waals surface area (Å²) < 4.78 is 10.8. The zero-order chi connectivity index (χ0) is 21.2. The van der Waals surface area contributed by atoms with Crippen LogP contribution in [0.3, 0.4) is 0 Å². The van der Waals surface area contributed by atoms with Gasteiger partial charge in [0.05, 0.1) is 13.2 Å². The largest absolute Gasteiger partial charge is 0.394 e. The second kappa shape index (κ2) is 18.3. The molecule has 4 atom stereocenters. The monoisotopic (exact) mass is 414 g/mol. The maximum absolute atomic E-state index is 10.1. The molecule has 29 heavy (non-hydrogen) atoms. The Hall–Kier alpha value is -0.460. The van der Waals surface area contributed by atoms with Gasteiger partial charge in [0.15, 0.2) is 0 Å². The molecule has 0 bridgehead atoms. The number of aliphatic hydroxyl groups excluding tert-OH is 3. The van der Waals surface area contributed by atoms with Crippen LogP contribution in [0.5, 0.6) is 0 Å². The number of hydrogen-bond acceptors (Lipinski definition) is 5. The first-order valence-electron chi connectivity index (χ1n) is 12.0. The maximum Gasteiger partial charge on any atom is 0.114 e. The number of unbranched alkanes of at least 4 members (excludes halogenated alkanes) is 14. The van der Waals surface area contributed by atoms with E-state index in [1.807, 2.05) is 6.08 Å². The van der Waals surface area contributed by atoms with E-state index in [2.05, 4.69) is 6.58 Å². The Morgan fingerprint density at radius 3 is 1.76 bits per heavy atom. The Labute approximate surface area is 178 Å². The van der Waals surface area contributed by atoms with Crippen LogP contribution in [0, 0.1) is 0 Å². The van der Waals surface area contributed by atoms with Crippen LogP contribution in [0.1, 0.15) is 96.3 Å². The van der Waals surface area contributed by atoms with E-state index < -0.39 is 24.4 Å². The van der Waals surface area contributed by atoms with Crippen LogP contribution in [0.2, 0.25) is 0 Å². The minimum absolute atomic E-state index is 0.0999. The quantitative estimate of drug-likeness (QED) is 0.214. The van der Waals surface area contributed by atoms with E-state index in [9.17, 15) is 10.2 Å². The molecular formula is C24H46O5. The van der Waals surface area contributed by atoms with Gasteiger partial charge in [-0.2, -0.15) is 0 Å². The zero-order valence-electron chi connectivity index (χ0n) is 18.5.